The summed E-state index contributed by atoms with van der Waals surface area (Å²) in [6.45, 7) is 15.3. The summed E-state index contributed by atoms with van der Waals surface area (Å²) in [4.78, 5) is 14.8. The highest BCUT2D eigenvalue weighted by Gasteiger charge is 2.52. The molecule has 0 aromatic heterocycles. The Balaban J connectivity index is 1.62. The van der Waals surface area contributed by atoms with E-state index in [0.29, 0.717) is 19.4 Å². The van der Waals surface area contributed by atoms with Gasteiger partial charge in [0, 0.05) is 5.56 Å². The highest BCUT2D eigenvalue weighted by Crippen LogP contribution is 2.38. The van der Waals surface area contributed by atoms with Crippen molar-refractivity contribution in [2.24, 2.45) is 0 Å². The molecule has 0 saturated carbocycles. The molecule has 1 amide bonds. The molecule has 1 fully saturated rings. The van der Waals surface area contributed by atoms with Crippen LogP contribution in [-0.4, -0.2) is 49.9 Å². The fraction of sp³-hybridized carbons (Fsp3) is 0.417. The van der Waals surface area contributed by atoms with Crippen LogP contribution in [0.5, 0.6) is 0 Å². The molecule has 1 saturated heterocycles. The van der Waals surface area contributed by atoms with Crippen molar-refractivity contribution >= 4 is 24.8 Å². The number of amides is 1. The van der Waals surface area contributed by atoms with Crippen LogP contribution in [0.3, 0.4) is 0 Å². The van der Waals surface area contributed by atoms with Crippen molar-refractivity contribution < 1.29 is 18.7 Å². The van der Waals surface area contributed by atoms with Gasteiger partial charge in [-0.15, -0.1) is 0 Å². The summed E-state index contributed by atoms with van der Waals surface area (Å²) < 4.78 is 19.0. The van der Waals surface area contributed by atoms with Gasteiger partial charge in [-0.2, -0.15) is 0 Å². The number of ether oxygens (including phenoxy) is 2. The van der Waals surface area contributed by atoms with Crippen LogP contribution < -0.4 is 10.4 Å². The molecule has 222 valence electrons. The first kappa shape index (κ1) is 31.6. The number of hydrogen-bond acceptors (Lipinski definition) is 4. The zero-order chi connectivity index (χ0) is 30.4. The molecule has 0 aliphatic carbocycles. The molecule has 42 heavy (non-hydrogen) atoms. The molecule has 0 spiro atoms. The molecule has 6 heteroatoms. The van der Waals surface area contributed by atoms with Crippen molar-refractivity contribution in [2.75, 3.05) is 13.2 Å². The second-order valence-corrected chi connectivity index (χ2v) is 17.3. The topological polar surface area (TPSA) is 48.0 Å². The first-order valence-electron chi connectivity index (χ1n) is 14.8. The fourth-order valence-electron chi connectivity index (χ4n) is 5.92. The Labute approximate surface area is 253 Å². The predicted octanol–water partition coefficient (Wildman–Crippen LogP) is 6.75. The van der Waals surface area contributed by atoms with Crippen molar-refractivity contribution in [3.8, 4) is 11.8 Å². The van der Waals surface area contributed by atoms with Crippen LogP contribution in [0.25, 0.3) is 0 Å². The van der Waals surface area contributed by atoms with Gasteiger partial charge in [-0.25, -0.2) is 4.79 Å². The summed E-state index contributed by atoms with van der Waals surface area (Å²) in [5.41, 5.74) is -0.202. The van der Waals surface area contributed by atoms with Crippen LogP contribution in [0.1, 0.15) is 66.9 Å². The molecule has 0 radical (unpaired) electrons. The number of carbonyl (C=O) groups excluding carboxylic acids is 1. The lowest BCUT2D eigenvalue weighted by atomic mass is 10.0. The van der Waals surface area contributed by atoms with Gasteiger partial charge >= 0.3 is 6.09 Å². The maximum Gasteiger partial charge on any atom is 0.412 e. The number of benzene rings is 3. The lowest BCUT2D eigenvalue weighted by Crippen LogP contribution is -2.67. The van der Waals surface area contributed by atoms with Gasteiger partial charge in [0.2, 0.25) is 0 Å². The highest BCUT2D eigenvalue weighted by atomic mass is 28.4. The summed E-state index contributed by atoms with van der Waals surface area (Å²) >= 11 is 0. The zero-order valence-electron chi connectivity index (χ0n) is 26.1. The number of nitrogens with zero attached hydrogens (tertiary/aromatic N) is 1. The first-order valence-corrected chi connectivity index (χ1v) is 16.7. The molecule has 1 heterocycles. The first-order chi connectivity index (χ1) is 19.9. The molecule has 3 aromatic rings. The molecular formula is C36H45NO4Si. The molecule has 0 unspecified atom stereocenters. The van der Waals surface area contributed by atoms with E-state index >= 15 is 0 Å². The lowest BCUT2D eigenvalue weighted by molar-refractivity contribution is -0.0520. The maximum atomic E-state index is 13.1. The van der Waals surface area contributed by atoms with Crippen molar-refractivity contribution in [3.05, 3.63) is 96.6 Å². The van der Waals surface area contributed by atoms with E-state index < -0.39 is 19.6 Å². The monoisotopic (exact) mass is 583 g/mol. The zero-order valence-corrected chi connectivity index (χ0v) is 27.1. The SMILES string of the molecule is CC1(C)COC(C)(C)N1C(=O)OCCC[C@H](C#Cc1ccccc1)O[Si](c1ccccc1)(c1ccccc1)C(C)(C)C. The number of hydrogen-bond donors (Lipinski definition) is 0. The van der Waals surface area contributed by atoms with Crippen LogP contribution in [0.4, 0.5) is 4.79 Å². The largest absolute Gasteiger partial charge is 0.449 e. The van der Waals surface area contributed by atoms with E-state index in [2.05, 4.69) is 81.1 Å². The van der Waals surface area contributed by atoms with Crippen LogP contribution in [0.2, 0.25) is 5.04 Å². The average molecular weight is 584 g/mol. The Hall–Kier alpha value is -3.37. The molecule has 4 rings (SSSR count). The number of carbonyl (C=O) groups is 1. The Bertz CT molecular complexity index is 1320. The molecular weight excluding hydrogens is 538 g/mol. The van der Waals surface area contributed by atoms with Crippen LogP contribution in [0.15, 0.2) is 91.0 Å². The van der Waals surface area contributed by atoms with Crippen molar-refractivity contribution in [1.82, 2.24) is 4.90 Å². The van der Waals surface area contributed by atoms with Gasteiger partial charge in [-0.05, 0) is 68.1 Å². The minimum Gasteiger partial charge on any atom is -0.449 e. The van der Waals surface area contributed by atoms with E-state index in [4.69, 9.17) is 13.9 Å². The summed E-state index contributed by atoms with van der Waals surface area (Å²) in [5.74, 6) is 6.82. The summed E-state index contributed by atoms with van der Waals surface area (Å²) in [6, 6.07) is 31.2. The third-order valence-electron chi connectivity index (χ3n) is 7.83. The summed E-state index contributed by atoms with van der Waals surface area (Å²) in [6.07, 6.45) is 0.523. The van der Waals surface area contributed by atoms with E-state index in [0.717, 1.165) is 5.56 Å². The molecule has 0 N–H and O–H groups in total. The second kappa shape index (κ2) is 12.9. The van der Waals surface area contributed by atoms with Crippen LogP contribution in [-0.2, 0) is 13.9 Å². The standard InChI is InChI=1S/C36H45NO4Si/c1-34(2,3)42(31-21-13-9-14-22-31,32-23-15-10-16-24-32)41-30(26-25-29-18-11-8-12-19-29)20-17-27-39-33(38)37-35(4,5)28-40-36(37,6)7/h8-16,18-19,21-24,30H,17,20,27-28H2,1-7H3/t30-/m1/s1. The smallest absolute Gasteiger partial charge is 0.412 e. The average Bonchev–Trinajstić information content (AvgIpc) is 3.19. The minimum atomic E-state index is -2.83. The third kappa shape index (κ3) is 6.98. The molecule has 1 aliphatic rings. The Morgan fingerprint density at radius 2 is 1.43 bits per heavy atom. The van der Waals surface area contributed by atoms with Crippen molar-refractivity contribution in [2.45, 2.75) is 83.7 Å². The van der Waals surface area contributed by atoms with Gasteiger partial charge in [-0.3, -0.25) is 4.90 Å². The second-order valence-electron chi connectivity index (χ2n) is 13.0. The lowest BCUT2D eigenvalue weighted by Gasteiger charge is -2.44. The Kier molecular flexibility index (Phi) is 9.67. The normalized spacial score (nSPS) is 16.8. The van der Waals surface area contributed by atoms with Gasteiger partial charge < -0.3 is 13.9 Å². The maximum absolute atomic E-state index is 13.1. The van der Waals surface area contributed by atoms with Gasteiger partial charge in [0.05, 0.1) is 18.8 Å². The van der Waals surface area contributed by atoms with E-state index in [1.165, 1.54) is 10.4 Å². The van der Waals surface area contributed by atoms with Crippen molar-refractivity contribution in [1.29, 1.82) is 0 Å². The van der Waals surface area contributed by atoms with Crippen LogP contribution in [0, 0.1) is 11.8 Å². The Morgan fingerprint density at radius 3 is 1.90 bits per heavy atom. The minimum absolute atomic E-state index is 0.179. The summed E-state index contributed by atoms with van der Waals surface area (Å²) in [5, 5.41) is 2.24. The van der Waals surface area contributed by atoms with Crippen molar-refractivity contribution in [3.63, 3.8) is 0 Å². The molecule has 1 aliphatic heterocycles. The van der Waals surface area contributed by atoms with E-state index in [9.17, 15) is 4.79 Å². The quantitative estimate of drug-likeness (QED) is 0.167. The molecule has 3 aromatic carbocycles. The summed E-state index contributed by atoms with van der Waals surface area (Å²) in [7, 11) is -2.83. The van der Waals surface area contributed by atoms with E-state index in [1.54, 1.807) is 4.90 Å². The van der Waals surface area contributed by atoms with Gasteiger partial charge in [-0.1, -0.05) is 111 Å². The molecule has 1 atom stereocenters. The van der Waals surface area contributed by atoms with Crippen LogP contribution >= 0.6 is 0 Å². The Morgan fingerprint density at radius 1 is 0.905 bits per heavy atom. The molecule has 5 nitrogen and oxygen atoms in total. The third-order valence-corrected chi connectivity index (χ3v) is 12.9. The van der Waals surface area contributed by atoms with Gasteiger partial charge in [0.15, 0.2) is 0 Å². The fourth-order valence-corrected chi connectivity index (χ4v) is 10.5. The van der Waals surface area contributed by atoms with Gasteiger partial charge in [0.1, 0.15) is 11.8 Å². The van der Waals surface area contributed by atoms with Gasteiger partial charge in [0.25, 0.3) is 8.32 Å². The van der Waals surface area contributed by atoms with E-state index in [1.807, 2.05) is 70.2 Å². The highest BCUT2D eigenvalue weighted by molar-refractivity contribution is 6.99. The van der Waals surface area contributed by atoms with E-state index in [-0.39, 0.29) is 23.8 Å². The number of rotatable bonds is 8. The molecule has 0 bridgehead atoms. The predicted molar refractivity (Wildman–Crippen MR) is 172 cm³/mol.